The van der Waals surface area contributed by atoms with Gasteiger partial charge in [-0.15, -0.1) is 11.3 Å². The number of para-hydroxylation sites is 2. The summed E-state index contributed by atoms with van der Waals surface area (Å²) in [6.45, 7) is 4.66. The van der Waals surface area contributed by atoms with Gasteiger partial charge in [0.25, 0.3) is 0 Å². The molecule has 248 valence electrons. The number of benzene rings is 7. The predicted molar refractivity (Wildman–Crippen MR) is 221 cm³/mol. The Kier molecular flexibility index (Phi) is 5.69. The van der Waals surface area contributed by atoms with Gasteiger partial charge in [0, 0.05) is 49.0 Å². The summed E-state index contributed by atoms with van der Waals surface area (Å²) in [4.78, 5) is 15.8. The van der Waals surface area contributed by atoms with Crippen molar-refractivity contribution >= 4 is 70.6 Å². The number of rotatable bonds is 3. The van der Waals surface area contributed by atoms with Gasteiger partial charge in [0.05, 0.1) is 38.0 Å². The van der Waals surface area contributed by atoms with Crippen LogP contribution in [0.3, 0.4) is 0 Å². The SMILES string of the molecule is CC1(C)c2ccccc2-c2ccc(-c3nc(-c4ccc5c(c4)c4c6sc(-c7ccccc7)nc6cc6c7ccccc7n5c64)nc4ccccc34)cc21. The standard InChI is InChI=1S/C48H30N4S/c1-48(2)36-17-9-6-14-30(36)31-22-20-28(25-37(31)48)43-33-16-7-10-18-38(33)49-46(51-43)29-21-23-41-35(24-29)42-44-34(32-15-8-11-19-40(32)52(41)44)26-39-45(42)53-47(50-39)27-12-4-3-5-13-27/h3-26H,1-2H3. The molecule has 11 aromatic rings. The molecule has 0 unspecified atom stereocenters. The lowest BCUT2D eigenvalue weighted by atomic mass is 9.82. The molecule has 0 radical (unpaired) electrons. The zero-order valence-electron chi connectivity index (χ0n) is 29.1. The number of hydrogen-bond donors (Lipinski definition) is 0. The fourth-order valence-electron chi connectivity index (χ4n) is 9.06. The summed E-state index contributed by atoms with van der Waals surface area (Å²) in [5.41, 5.74) is 15.0. The second-order valence-electron chi connectivity index (χ2n) is 14.8. The van der Waals surface area contributed by atoms with Gasteiger partial charge in [0.2, 0.25) is 0 Å². The maximum Gasteiger partial charge on any atom is 0.160 e. The molecule has 0 amide bonds. The molecule has 4 nitrogen and oxygen atoms in total. The van der Waals surface area contributed by atoms with Gasteiger partial charge in [-0.05, 0) is 64.7 Å². The fraction of sp³-hybridized carbons (Fsp3) is 0.0625. The zero-order valence-corrected chi connectivity index (χ0v) is 29.9. The molecule has 0 saturated heterocycles. The average Bonchev–Trinajstić information content (AvgIpc) is 3.94. The third-order valence-corrected chi connectivity index (χ3v) is 12.7. The molecule has 4 aromatic heterocycles. The van der Waals surface area contributed by atoms with Crippen LogP contribution in [0, 0.1) is 0 Å². The maximum absolute atomic E-state index is 5.40. The number of hydrogen-bond acceptors (Lipinski definition) is 4. The Balaban J connectivity index is 1.11. The van der Waals surface area contributed by atoms with E-state index in [1.54, 1.807) is 11.3 Å². The second-order valence-corrected chi connectivity index (χ2v) is 15.8. The van der Waals surface area contributed by atoms with Crippen LogP contribution in [0.15, 0.2) is 146 Å². The lowest BCUT2D eigenvalue weighted by molar-refractivity contribution is 0.660. The van der Waals surface area contributed by atoms with Crippen LogP contribution in [-0.4, -0.2) is 19.4 Å². The first-order valence-electron chi connectivity index (χ1n) is 18.1. The Morgan fingerprint density at radius 2 is 1.25 bits per heavy atom. The number of nitrogens with zero attached hydrogens (tertiary/aromatic N) is 4. The van der Waals surface area contributed by atoms with Crippen molar-refractivity contribution in [3.05, 3.63) is 157 Å². The van der Waals surface area contributed by atoms with Crippen LogP contribution in [0.5, 0.6) is 0 Å². The monoisotopic (exact) mass is 694 g/mol. The van der Waals surface area contributed by atoms with Gasteiger partial charge in [-0.25, -0.2) is 15.0 Å². The molecular weight excluding hydrogens is 665 g/mol. The lowest BCUT2D eigenvalue weighted by Crippen LogP contribution is -2.14. The van der Waals surface area contributed by atoms with Gasteiger partial charge >= 0.3 is 0 Å². The largest absolute Gasteiger partial charge is 0.308 e. The minimum Gasteiger partial charge on any atom is -0.308 e. The normalized spacial score (nSPS) is 13.6. The highest BCUT2D eigenvalue weighted by molar-refractivity contribution is 7.22. The molecule has 0 N–H and O–H groups in total. The fourth-order valence-corrected chi connectivity index (χ4v) is 10.2. The van der Waals surface area contributed by atoms with E-state index >= 15 is 0 Å². The highest BCUT2D eigenvalue weighted by Crippen LogP contribution is 2.50. The summed E-state index contributed by atoms with van der Waals surface area (Å²) >= 11 is 1.78. The third-order valence-electron chi connectivity index (χ3n) is 11.6. The molecule has 1 aliphatic carbocycles. The maximum atomic E-state index is 5.40. The van der Waals surface area contributed by atoms with Crippen molar-refractivity contribution in [2.24, 2.45) is 0 Å². The van der Waals surface area contributed by atoms with Crippen LogP contribution in [0.2, 0.25) is 0 Å². The topological polar surface area (TPSA) is 43.1 Å². The van der Waals surface area contributed by atoms with E-state index in [4.69, 9.17) is 15.0 Å². The van der Waals surface area contributed by atoms with E-state index in [0.717, 1.165) is 49.6 Å². The van der Waals surface area contributed by atoms with E-state index < -0.39 is 0 Å². The van der Waals surface area contributed by atoms with Crippen molar-refractivity contribution in [3.63, 3.8) is 0 Å². The highest BCUT2D eigenvalue weighted by Gasteiger charge is 2.35. The summed E-state index contributed by atoms with van der Waals surface area (Å²) in [7, 11) is 0. The van der Waals surface area contributed by atoms with Crippen LogP contribution in [0.4, 0.5) is 0 Å². The van der Waals surface area contributed by atoms with Crippen LogP contribution < -0.4 is 0 Å². The van der Waals surface area contributed by atoms with Gasteiger partial charge in [0.15, 0.2) is 5.82 Å². The van der Waals surface area contributed by atoms with Crippen molar-refractivity contribution in [1.29, 1.82) is 0 Å². The smallest absolute Gasteiger partial charge is 0.160 e. The van der Waals surface area contributed by atoms with Crippen molar-refractivity contribution in [2.45, 2.75) is 19.3 Å². The summed E-state index contributed by atoms with van der Waals surface area (Å²) in [5.74, 6) is 0.726. The average molecular weight is 695 g/mol. The first kappa shape index (κ1) is 29.2. The van der Waals surface area contributed by atoms with Crippen molar-refractivity contribution < 1.29 is 0 Å². The molecule has 12 rings (SSSR count). The summed E-state index contributed by atoms with van der Waals surface area (Å²) in [5, 5.41) is 7.00. The van der Waals surface area contributed by atoms with Crippen molar-refractivity contribution in [3.8, 4) is 44.3 Å². The van der Waals surface area contributed by atoms with Crippen molar-refractivity contribution in [1.82, 2.24) is 19.4 Å². The minimum atomic E-state index is -0.0995. The summed E-state index contributed by atoms with van der Waals surface area (Å²) < 4.78 is 3.65. The number of aromatic nitrogens is 4. The molecule has 1 aliphatic rings. The Morgan fingerprint density at radius 1 is 0.509 bits per heavy atom. The Hall–Kier alpha value is -6.43. The molecule has 53 heavy (non-hydrogen) atoms. The zero-order chi connectivity index (χ0) is 35.0. The van der Waals surface area contributed by atoms with E-state index in [0.29, 0.717) is 0 Å². The van der Waals surface area contributed by atoms with E-state index in [-0.39, 0.29) is 5.41 Å². The molecule has 0 bridgehead atoms. The quantitative estimate of drug-likeness (QED) is 0.185. The third kappa shape index (κ3) is 3.92. The van der Waals surface area contributed by atoms with E-state index in [2.05, 4.69) is 164 Å². The Bertz CT molecular complexity index is 3320. The number of thiazole rings is 1. The first-order chi connectivity index (χ1) is 26.0. The Labute approximate surface area is 309 Å². The molecule has 0 fully saturated rings. The van der Waals surface area contributed by atoms with Crippen LogP contribution in [0.1, 0.15) is 25.0 Å². The molecule has 4 heterocycles. The first-order valence-corrected chi connectivity index (χ1v) is 18.9. The van der Waals surface area contributed by atoms with Gasteiger partial charge in [-0.2, -0.15) is 0 Å². The number of fused-ring (bicyclic) bond motifs is 12. The molecule has 5 heteroatoms. The summed E-state index contributed by atoms with van der Waals surface area (Å²) in [6.07, 6.45) is 0. The highest BCUT2D eigenvalue weighted by atomic mass is 32.1. The molecule has 0 atom stereocenters. The Morgan fingerprint density at radius 3 is 2.15 bits per heavy atom. The summed E-state index contributed by atoms with van der Waals surface area (Å²) in [6, 6.07) is 52.4. The van der Waals surface area contributed by atoms with E-state index in [9.17, 15) is 0 Å². The van der Waals surface area contributed by atoms with Crippen LogP contribution >= 0.6 is 11.3 Å². The van der Waals surface area contributed by atoms with Gasteiger partial charge < -0.3 is 4.40 Å². The van der Waals surface area contributed by atoms with E-state index in [1.807, 2.05) is 0 Å². The van der Waals surface area contributed by atoms with Gasteiger partial charge in [-0.3, -0.25) is 0 Å². The van der Waals surface area contributed by atoms with Gasteiger partial charge in [-0.1, -0.05) is 117 Å². The molecule has 7 aromatic carbocycles. The second kappa shape index (κ2) is 10.3. The predicted octanol–water partition coefficient (Wildman–Crippen LogP) is 12.7. The minimum absolute atomic E-state index is 0.0995. The molecule has 0 aliphatic heterocycles. The molecule has 0 saturated carbocycles. The van der Waals surface area contributed by atoms with Crippen molar-refractivity contribution in [2.75, 3.05) is 0 Å². The molecular formula is C48H30N4S. The van der Waals surface area contributed by atoms with Crippen LogP contribution in [-0.2, 0) is 5.41 Å². The van der Waals surface area contributed by atoms with E-state index in [1.165, 1.54) is 65.0 Å². The lowest BCUT2D eigenvalue weighted by Gasteiger charge is -2.22. The molecule has 0 spiro atoms. The van der Waals surface area contributed by atoms with Gasteiger partial charge in [0.1, 0.15) is 5.01 Å². The van der Waals surface area contributed by atoms with Crippen LogP contribution in [0.25, 0.3) is 104 Å².